The van der Waals surface area contributed by atoms with Crippen LogP contribution >= 0.6 is 11.6 Å². The van der Waals surface area contributed by atoms with Crippen molar-refractivity contribution in [3.63, 3.8) is 0 Å². The summed E-state index contributed by atoms with van der Waals surface area (Å²) >= 11 is 5.64. The highest BCUT2D eigenvalue weighted by Gasteiger charge is 1.91. The van der Waals surface area contributed by atoms with Gasteiger partial charge in [-0.1, -0.05) is 11.6 Å². The Bertz CT molecular complexity index is 171. The summed E-state index contributed by atoms with van der Waals surface area (Å²) < 4.78 is 1.86. The fourth-order valence-electron chi connectivity index (χ4n) is 0.537. The molecule has 1 heterocycles. The summed E-state index contributed by atoms with van der Waals surface area (Å²) in [6, 6.07) is 0. The standard InChI is InChI=1S/C5H7ClN2/c1-2-8-4-7-3-5(8)6/h3-4H,2H2,1H3. The Hall–Kier alpha value is -0.500. The van der Waals surface area contributed by atoms with Gasteiger partial charge in [0.25, 0.3) is 0 Å². The Morgan fingerprint density at radius 1 is 1.88 bits per heavy atom. The molecular weight excluding hydrogens is 124 g/mol. The van der Waals surface area contributed by atoms with Gasteiger partial charge in [0.15, 0.2) is 0 Å². The Morgan fingerprint density at radius 3 is 2.88 bits per heavy atom. The first kappa shape index (κ1) is 5.63. The molecular formula is C5H7ClN2. The molecule has 0 aromatic carbocycles. The molecule has 0 saturated carbocycles. The fourth-order valence-corrected chi connectivity index (χ4v) is 0.757. The molecule has 1 aromatic heterocycles. The second-order valence-corrected chi connectivity index (χ2v) is 1.89. The normalized spacial score (nSPS) is 9.75. The lowest BCUT2D eigenvalue weighted by Gasteiger charge is -1.93. The van der Waals surface area contributed by atoms with Crippen LogP contribution in [-0.2, 0) is 6.54 Å². The third-order valence-corrected chi connectivity index (χ3v) is 1.32. The molecule has 0 aliphatic heterocycles. The molecule has 0 atom stereocenters. The van der Waals surface area contributed by atoms with Crippen molar-refractivity contribution in [1.29, 1.82) is 0 Å². The summed E-state index contributed by atoms with van der Waals surface area (Å²) in [5.74, 6) is 0. The molecule has 1 aromatic rings. The predicted molar refractivity (Wildman–Crippen MR) is 32.9 cm³/mol. The summed E-state index contributed by atoms with van der Waals surface area (Å²) in [4.78, 5) is 3.82. The van der Waals surface area contributed by atoms with Crippen LogP contribution in [0.5, 0.6) is 0 Å². The minimum atomic E-state index is 0.701. The third kappa shape index (κ3) is 0.842. The van der Waals surface area contributed by atoms with Gasteiger partial charge >= 0.3 is 0 Å². The van der Waals surface area contributed by atoms with E-state index in [0.717, 1.165) is 6.54 Å². The van der Waals surface area contributed by atoms with E-state index in [4.69, 9.17) is 11.6 Å². The van der Waals surface area contributed by atoms with Gasteiger partial charge < -0.3 is 4.57 Å². The number of aryl methyl sites for hydroxylation is 1. The molecule has 44 valence electrons. The van der Waals surface area contributed by atoms with E-state index in [0.29, 0.717) is 5.15 Å². The molecule has 0 aliphatic rings. The van der Waals surface area contributed by atoms with Gasteiger partial charge in [0.1, 0.15) is 5.15 Å². The Balaban J connectivity index is 2.92. The van der Waals surface area contributed by atoms with Crippen molar-refractivity contribution >= 4 is 11.6 Å². The third-order valence-electron chi connectivity index (χ3n) is 1.00. The van der Waals surface area contributed by atoms with Gasteiger partial charge in [-0.25, -0.2) is 4.98 Å². The summed E-state index contributed by atoms with van der Waals surface area (Å²) in [5.41, 5.74) is 0. The molecule has 1 rings (SSSR count). The molecule has 0 unspecified atom stereocenters. The van der Waals surface area contributed by atoms with Crippen LogP contribution in [0.25, 0.3) is 0 Å². The Morgan fingerprint density at radius 2 is 2.62 bits per heavy atom. The van der Waals surface area contributed by atoms with Gasteiger partial charge in [-0.15, -0.1) is 0 Å². The predicted octanol–water partition coefficient (Wildman–Crippen LogP) is 1.56. The maximum Gasteiger partial charge on any atom is 0.128 e. The minimum Gasteiger partial charge on any atom is -0.322 e. The largest absolute Gasteiger partial charge is 0.322 e. The first-order valence-corrected chi connectivity index (χ1v) is 2.88. The lowest BCUT2D eigenvalue weighted by atomic mass is 10.7. The molecule has 8 heavy (non-hydrogen) atoms. The van der Waals surface area contributed by atoms with E-state index in [1.54, 1.807) is 12.5 Å². The summed E-state index contributed by atoms with van der Waals surface area (Å²) in [6.07, 6.45) is 3.34. The Kier molecular flexibility index (Phi) is 1.53. The second-order valence-electron chi connectivity index (χ2n) is 1.50. The number of rotatable bonds is 1. The lowest BCUT2D eigenvalue weighted by molar-refractivity contribution is 0.762. The highest BCUT2D eigenvalue weighted by molar-refractivity contribution is 6.29. The van der Waals surface area contributed by atoms with Crippen molar-refractivity contribution in [3.05, 3.63) is 17.7 Å². The van der Waals surface area contributed by atoms with Crippen molar-refractivity contribution in [2.75, 3.05) is 0 Å². The number of aromatic nitrogens is 2. The van der Waals surface area contributed by atoms with Crippen LogP contribution in [0.4, 0.5) is 0 Å². The average molecular weight is 131 g/mol. The summed E-state index contributed by atoms with van der Waals surface area (Å²) in [6.45, 7) is 2.91. The second kappa shape index (κ2) is 2.18. The van der Waals surface area contributed by atoms with Gasteiger partial charge in [-0.2, -0.15) is 0 Å². The zero-order chi connectivity index (χ0) is 5.98. The van der Waals surface area contributed by atoms with Gasteiger partial charge in [-0.3, -0.25) is 0 Å². The van der Waals surface area contributed by atoms with E-state index >= 15 is 0 Å². The number of imidazole rings is 1. The van der Waals surface area contributed by atoms with E-state index in [-0.39, 0.29) is 0 Å². The molecule has 0 radical (unpaired) electrons. The minimum absolute atomic E-state index is 0.701. The number of halogens is 1. The van der Waals surface area contributed by atoms with Crippen molar-refractivity contribution in [2.45, 2.75) is 13.5 Å². The topological polar surface area (TPSA) is 17.8 Å². The van der Waals surface area contributed by atoms with Gasteiger partial charge in [0, 0.05) is 6.54 Å². The molecule has 0 saturated heterocycles. The van der Waals surface area contributed by atoms with E-state index in [1.165, 1.54) is 0 Å². The van der Waals surface area contributed by atoms with Crippen LogP contribution in [0.2, 0.25) is 5.15 Å². The smallest absolute Gasteiger partial charge is 0.128 e. The highest BCUT2D eigenvalue weighted by Crippen LogP contribution is 2.04. The van der Waals surface area contributed by atoms with Gasteiger partial charge in [-0.05, 0) is 6.92 Å². The quantitative estimate of drug-likeness (QED) is 0.564. The van der Waals surface area contributed by atoms with Crippen molar-refractivity contribution in [3.8, 4) is 0 Å². The number of hydrogen-bond acceptors (Lipinski definition) is 1. The monoisotopic (exact) mass is 130 g/mol. The van der Waals surface area contributed by atoms with E-state index in [2.05, 4.69) is 4.98 Å². The van der Waals surface area contributed by atoms with Crippen LogP contribution < -0.4 is 0 Å². The molecule has 0 aliphatic carbocycles. The van der Waals surface area contributed by atoms with Crippen LogP contribution in [0.3, 0.4) is 0 Å². The van der Waals surface area contributed by atoms with Gasteiger partial charge in [0.2, 0.25) is 0 Å². The molecule has 3 heteroatoms. The fraction of sp³-hybridized carbons (Fsp3) is 0.400. The summed E-state index contributed by atoms with van der Waals surface area (Å²) in [5, 5.41) is 0.701. The zero-order valence-electron chi connectivity index (χ0n) is 4.63. The van der Waals surface area contributed by atoms with E-state index < -0.39 is 0 Å². The molecule has 2 nitrogen and oxygen atoms in total. The van der Waals surface area contributed by atoms with Crippen LogP contribution in [-0.4, -0.2) is 9.55 Å². The molecule has 0 bridgehead atoms. The van der Waals surface area contributed by atoms with Crippen LogP contribution in [0, 0.1) is 0 Å². The lowest BCUT2D eigenvalue weighted by Crippen LogP contribution is -1.89. The zero-order valence-corrected chi connectivity index (χ0v) is 5.39. The molecule has 0 fully saturated rings. The van der Waals surface area contributed by atoms with Crippen molar-refractivity contribution < 1.29 is 0 Å². The number of hydrogen-bond donors (Lipinski definition) is 0. The SMILES string of the molecule is CCn1cncc1Cl. The molecule has 0 spiro atoms. The highest BCUT2D eigenvalue weighted by atomic mass is 35.5. The first-order chi connectivity index (χ1) is 3.84. The van der Waals surface area contributed by atoms with Crippen molar-refractivity contribution in [1.82, 2.24) is 9.55 Å². The maximum absolute atomic E-state index is 5.64. The molecule has 0 amide bonds. The van der Waals surface area contributed by atoms with E-state index in [1.807, 2.05) is 11.5 Å². The summed E-state index contributed by atoms with van der Waals surface area (Å²) in [7, 11) is 0. The number of nitrogens with zero attached hydrogens (tertiary/aromatic N) is 2. The maximum atomic E-state index is 5.64. The van der Waals surface area contributed by atoms with Gasteiger partial charge in [0.05, 0.1) is 12.5 Å². The van der Waals surface area contributed by atoms with Crippen LogP contribution in [0.1, 0.15) is 6.92 Å². The first-order valence-electron chi connectivity index (χ1n) is 2.50. The Labute approximate surface area is 53.1 Å². The van der Waals surface area contributed by atoms with E-state index in [9.17, 15) is 0 Å². The molecule has 0 N–H and O–H groups in total. The van der Waals surface area contributed by atoms with Crippen LogP contribution in [0.15, 0.2) is 12.5 Å². The average Bonchev–Trinajstić information content (AvgIpc) is 2.14. The van der Waals surface area contributed by atoms with Crippen molar-refractivity contribution in [2.24, 2.45) is 0 Å².